The fraction of sp³-hybridized carbons (Fsp3) is 0.538. The van der Waals surface area contributed by atoms with E-state index in [1.165, 1.54) is 12.2 Å². The lowest BCUT2D eigenvalue weighted by molar-refractivity contribution is -0.137. The largest absolute Gasteiger partial charge is 0.443 e. The highest BCUT2D eigenvalue weighted by Gasteiger charge is 2.22. The lowest BCUT2D eigenvalue weighted by Crippen LogP contribution is -2.55. The van der Waals surface area contributed by atoms with Crippen molar-refractivity contribution >= 4 is 23.8 Å². The second-order valence-corrected chi connectivity index (χ2v) is 5.69. The minimum Gasteiger partial charge on any atom is -0.443 e. The molecule has 4 N–H and O–H groups in total. The van der Waals surface area contributed by atoms with E-state index in [2.05, 4.69) is 21.9 Å². The molecule has 10 nitrogen and oxygen atoms in total. The molecule has 0 radical (unpaired) electrons. The molecular weight excluding hydrogens is 306 g/mol. The summed E-state index contributed by atoms with van der Waals surface area (Å²) in [6.07, 6.45) is 2.09. The molecule has 1 heterocycles. The Morgan fingerprint density at radius 2 is 1.65 bits per heavy atom. The second kappa shape index (κ2) is 8.25. The van der Waals surface area contributed by atoms with E-state index in [0.29, 0.717) is 6.42 Å². The average molecular weight is 327 g/mol. The van der Waals surface area contributed by atoms with Crippen molar-refractivity contribution in [3.05, 3.63) is 12.2 Å². The van der Waals surface area contributed by atoms with Crippen LogP contribution in [-0.4, -0.2) is 40.9 Å². The van der Waals surface area contributed by atoms with Crippen molar-refractivity contribution in [3.8, 4) is 0 Å². The number of hydrogen-bond acceptors (Lipinski definition) is 7. The van der Waals surface area contributed by atoms with Crippen LogP contribution in [0.5, 0.6) is 0 Å². The second-order valence-electron chi connectivity index (χ2n) is 5.69. The molecule has 128 valence electrons. The number of hydrogen-bond donors (Lipinski definition) is 4. The fourth-order valence-electron chi connectivity index (χ4n) is 1.60. The van der Waals surface area contributed by atoms with Gasteiger partial charge < -0.3 is 4.74 Å². The van der Waals surface area contributed by atoms with Gasteiger partial charge in [0.15, 0.2) is 0 Å². The van der Waals surface area contributed by atoms with Gasteiger partial charge in [0, 0.05) is 25.1 Å². The number of hydrazine groups is 3. The van der Waals surface area contributed by atoms with Crippen molar-refractivity contribution in [1.29, 1.82) is 0 Å². The van der Waals surface area contributed by atoms with Crippen molar-refractivity contribution < 1.29 is 23.9 Å². The Hall–Kier alpha value is -2.46. The van der Waals surface area contributed by atoms with Gasteiger partial charge in [-0.05, 0) is 27.2 Å². The molecule has 0 saturated heterocycles. The Morgan fingerprint density at radius 3 is 2.22 bits per heavy atom. The summed E-state index contributed by atoms with van der Waals surface area (Å²) in [6.45, 7) is 5.31. The van der Waals surface area contributed by atoms with Gasteiger partial charge in [-0.15, -0.1) is 5.53 Å². The summed E-state index contributed by atoms with van der Waals surface area (Å²) in [4.78, 5) is 46.4. The van der Waals surface area contributed by atoms with Crippen molar-refractivity contribution in [1.82, 2.24) is 26.8 Å². The Morgan fingerprint density at radius 1 is 1.09 bits per heavy atom. The van der Waals surface area contributed by atoms with E-state index in [0.717, 1.165) is 4.90 Å². The molecule has 23 heavy (non-hydrogen) atoms. The topological polar surface area (TPSA) is 129 Å². The number of rotatable bonds is 7. The fourth-order valence-corrected chi connectivity index (χ4v) is 1.60. The zero-order valence-electron chi connectivity index (χ0n) is 13.3. The molecule has 0 aromatic rings. The zero-order valence-corrected chi connectivity index (χ0v) is 13.3. The maximum Gasteiger partial charge on any atom is 0.423 e. The highest BCUT2D eigenvalue weighted by molar-refractivity contribution is 6.12. The van der Waals surface area contributed by atoms with Crippen LogP contribution in [0.2, 0.25) is 0 Å². The molecule has 1 rings (SSSR count). The third-order valence-corrected chi connectivity index (χ3v) is 2.51. The van der Waals surface area contributed by atoms with Crippen LogP contribution in [0, 0.1) is 0 Å². The van der Waals surface area contributed by atoms with E-state index in [-0.39, 0.29) is 30.7 Å². The molecule has 10 heteroatoms. The van der Waals surface area contributed by atoms with E-state index < -0.39 is 11.7 Å². The predicted molar refractivity (Wildman–Crippen MR) is 78.9 cm³/mol. The van der Waals surface area contributed by atoms with Crippen LogP contribution >= 0.6 is 0 Å². The summed E-state index contributed by atoms with van der Waals surface area (Å²) in [6, 6.07) is 0. The molecule has 4 amide bonds. The van der Waals surface area contributed by atoms with Crippen LogP contribution < -0.4 is 21.9 Å². The van der Waals surface area contributed by atoms with Gasteiger partial charge in [-0.2, -0.15) is 5.53 Å². The van der Waals surface area contributed by atoms with E-state index in [1.54, 1.807) is 20.8 Å². The summed E-state index contributed by atoms with van der Waals surface area (Å²) in [5.74, 6) is -1.14. The van der Waals surface area contributed by atoms with Crippen LogP contribution in [0.25, 0.3) is 0 Å². The number of imide groups is 1. The number of nitrogens with zero attached hydrogens (tertiary/aromatic N) is 1. The van der Waals surface area contributed by atoms with Gasteiger partial charge in [0.25, 0.3) is 11.8 Å². The highest BCUT2D eigenvalue weighted by atomic mass is 16.6. The minimum absolute atomic E-state index is 0.0954. The molecule has 0 aliphatic carbocycles. The zero-order chi connectivity index (χ0) is 17.5. The molecule has 0 spiro atoms. The van der Waals surface area contributed by atoms with E-state index in [4.69, 9.17) is 4.74 Å². The highest BCUT2D eigenvalue weighted by Crippen LogP contribution is 2.06. The lowest BCUT2D eigenvalue weighted by Gasteiger charge is -2.20. The Kier molecular flexibility index (Phi) is 6.66. The molecule has 0 saturated carbocycles. The molecule has 0 fully saturated rings. The number of carbonyl (C=O) groups excluding carboxylic acids is 4. The number of amides is 4. The molecule has 0 atom stereocenters. The maximum atomic E-state index is 11.5. The van der Waals surface area contributed by atoms with Crippen molar-refractivity contribution in [2.24, 2.45) is 0 Å². The van der Waals surface area contributed by atoms with Gasteiger partial charge in [0.2, 0.25) is 5.91 Å². The first-order valence-electron chi connectivity index (χ1n) is 7.00. The Balaban J connectivity index is 2.08. The Labute approximate surface area is 133 Å². The number of ether oxygens (including phenoxy) is 1. The molecule has 0 aromatic carbocycles. The SMILES string of the molecule is CC(C)(C)OC(=O)NNNNC(=O)CCCN1C(=O)C=CC1=O. The van der Waals surface area contributed by atoms with Crippen LogP contribution in [0.15, 0.2) is 12.2 Å². The summed E-state index contributed by atoms with van der Waals surface area (Å²) in [7, 11) is 0. The third kappa shape index (κ3) is 7.38. The predicted octanol–water partition coefficient (Wildman–Crippen LogP) is -0.743. The standard InChI is InChI=1S/C13H21N5O5/c1-13(2,3)23-12(22)15-17-16-14-9(19)5-4-8-18-10(20)6-7-11(18)21/h6-7,16-17H,4-5,8H2,1-3H3,(H,14,19)(H,15,22). The molecule has 0 aromatic heterocycles. The average Bonchev–Trinajstić information content (AvgIpc) is 2.73. The van der Waals surface area contributed by atoms with Crippen molar-refractivity contribution in [2.75, 3.05) is 6.54 Å². The number of carbonyl (C=O) groups is 4. The summed E-state index contributed by atoms with van der Waals surface area (Å²) in [5, 5.41) is 0. The summed E-state index contributed by atoms with van der Waals surface area (Å²) < 4.78 is 4.95. The van der Waals surface area contributed by atoms with E-state index >= 15 is 0 Å². The van der Waals surface area contributed by atoms with Crippen LogP contribution in [0.3, 0.4) is 0 Å². The van der Waals surface area contributed by atoms with Gasteiger partial charge in [-0.1, -0.05) is 0 Å². The van der Waals surface area contributed by atoms with Crippen molar-refractivity contribution in [3.63, 3.8) is 0 Å². The van der Waals surface area contributed by atoms with Crippen molar-refractivity contribution in [2.45, 2.75) is 39.2 Å². The lowest BCUT2D eigenvalue weighted by atomic mass is 10.2. The van der Waals surface area contributed by atoms with Crippen LogP contribution in [0.4, 0.5) is 4.79 Å². The van der Waals surface area contributed by atoms with Gasteiger partial charge in [0.1, 0.15) is 5.60 Å². The van der Waals surface area contributed by atoms with Crippen LogP contribution in [-0.2, 0) is 19.1 Å². The Bertz CT molecular complexity index is 493. The van der Waals surface area contributed by atoms with Gasteiger partial charge in [0.05, 0.1) is 0 Å². The van der Waals surface area contributed by atoms with Gasteiger partial charge >= 0.3 is 6.09 Å². The summed E-state index contributed by atoms with van der Waals surface area (Å²) in [5.41, 5.74) is 8.33. The first-order chi connectivity index (χ1) is 10.7. The van der Waals surface area contributed by atoms with Crippen LogP contribution in [0.1, 0.15) is 33.6 Å². The first kappa shape index (κ1) is 18.6. The van der Waals surface area contributed by atoms with Gasteiger partial charge in [-0.3, -0.25) is 24.7 Å². The summed E-state index contributed by atoms with van der Waals surface area (Å²) >= 11 is 0. The third-order valence-electron chi connectivity index (χ3n) is 2.51. The first-order valence-corrected chi connectivity index (χ1v) is 7.00. The molecule has 0 unspecified atom stereocenters. The molecular formula is C13H21N5O5. The van der Waals surface area contributed by atoms with Gasteiger partial charge in [-0.25, -0.2) is 10.2 Å². The smallest absolute Gasteiger partial charge is 0.423 e. The monoisotopic (exact) mass is 327 g/mol. The normalized spacial score (nSPS) is 14.1. The van der Waals surface area contributed by atoms with E-state index in [1.807, 2.05) is 0 Å². The molecule has 0 bridgehead atoms. The van der Waals surface area contributed by atoms with E-state index in [9.17, 15) is 19.2 Å². The maximum absolute atomic E-state index is 11.5. The molecule has 1 aliphatic heterocycles. The number of nitrogens with one attached hydrogen (secondary N) is 4. The minimum atomic E-state index is -0.710. The molecule has 1 aliphatic rings. The quantitative estimate of drug-likeness (QED) is 0.275.